The highest BCUT2D eigenvalue weighted by Crippen LogP contribution is 2.38. The standard InChI is InChI=1S/C19H21F3N6O/c1-18(29,19(20,21)22)12-4-5-16-25-10-15(28(16)11-12)14-6-8-24-17(27-14)26-13-3-2-7-23-9-13/h4-6,8,10-11,13,23,29H,2-3,7,9H2,1H3,(H,24,26,27). The molecule has 2 unspecified atom stereocenters. The molecular weight excluding hydrogens is 385 g/mol. The van der Waals surface area contributed by atoms with E-state index in [2.05, 4.69) is 25.6 Å². The molecule has 0 bridgehead atoms. The molecule has 2 atom stereocenters. The van der Waals surface area contributed by atoms with E-state index in [1.165, 1.54) is 28.9 Å². The summed E-state index contributed by atoms with van der Waals surface area (Å²) in [6.45, 7) is 2.54. The molecule has 1 fully saturated rings. The Labute approximate surface area is 165 Å². The molecule has 1 saturated heterocycles. The van der Waals surface area contributed by atoms with Gasteiger partial charge in [-0.05, 0) is 38.4 Å². The molecule has 0 radical (unpaired) electrons. The van der Waals surface area contributed by atoms with Crippen molar-refractivity contribution >= 4 is 11.6 Å². The van der Waals surface area contributed by atoms with Crippen molar-refractivity contribution in [2.75, 3.05) is 18.4 Å². The smallest absolute Gasteiger partial charge is 0.376 e. The van der Waals surface area contributed by atoms with Gasteiger partial charge in [-0.15, -0.1) is 0 Å². The van der Waals surface area contributed by atoms with Gasteiger partial charge in [-0.3, -0.25) is 4.40 Å². The Morgan fingerprint density at radius 1 is 1.24 bits per heavy atom. The topological polar surface area (TPSA) is 87.4 Å². The molecule has 4 rings (SSSR count). The summed E-state index contributed by atoms with van der Waals surface area (Å²) in [7, 11) is 0. The van der Waals surface area contributed by atoms with Gasteiger partial charge in [0.25, 0.3) is 0 Å². The van der Waals surface area contributed by atoms with Gasteiger partial charge in [-0.1, -0.05) is 6.07 Å². The summed E-state index contributed by atoms with van der Waals surface area (Å²) < 4.78 is 41.2. The van der Waals surface area contributed by atoms with E-state index in [1.54, 1.807) is 12.3 Å². The molecule has 7 nitrogen and oxygen atoms in total. The summed E-state index contributed by atoms with van der Waals surface area (Å²) in [5.41, 5.74) is -1.78. The summed E-state index contributed by atoms with van der Waals surface area (Å²) in [6.07, 6.45) is 1.64. The van der Waals surface area contributed by atoms with Gasteiger partial charge >= 0.3 is 6.18 Å². The number of anilines is 1. The van der Waals surface area contributed by atoms with Gasteiger partial charge in [-0.25, -0.2) is 15.0 Å². The monoisotopic (exact) mass is 406 g/mol. The largest absolute Gasteiger partial charge is 0.421 e. The van der Waals surface area contributed by atoms with E-state index in [0.29, 0.717) is 23.0 Å². The quantitative estimate of drug-likeness (QED) is 0.618. The molecular formula is C19H21F3N6O. The van der Waals surface area contributed by atoms with Crippen molar-refractivity contribution in [2.45, 2.75) is 37.6 Å². The van der Waals surface area contributed by atoms with Gasteiger partial charge in [0, 0.05) is 30.5 Å². The normalized spacial score (nSPS) is 19.8. The van der Waals surface area contributed by atoms with Gasteiger partial charge < -0.3 is 15.7 Å². The Bertz CT molecular complexity index is 1010. The second-order valence-electron chi connectivity index (χ2n) is 7.31. The number of nitrogens with zero attached hydrogens (tertiary/aromatic N) is 4. The summed E-state index contributed by atoms with van der Waals surface area (Å²) in [4.78, 5) is 13.0. The summed E-state index contributed by atoms with van der Waals surface area (Å²) in [5, 5.41) is 16.6. The number of alkyl halides is 3. The van der Waals surface area contributed by atoms with Crippen LogP contribution in [0.4, 0.5) is 19.1 Å². The number of aliphatic hydroxyl groups is 1. The first-order valence-corrected chi connectivity index (χ1v) is 9.33. The molecule has 0 saturated carbocycles. The third kappa shape index (κ3) is 3.77. The Balaban J connectivity index is 1.69. The molecule has 0 aromatic carbocycles. The summed E-state index contributed by atoms with van der Waals surface area (Å²) >= 11 is 0. The minimum absolute atomic E-state index is 0.217. The van der Waals surface area contributed by atoms with Gasteiger partial charge in [0.2, 0.25) is 5.95 Å². The van der Waals surface area contributed by atoms with E-state index < -0.39 is 11.8 Å². The van der Waals surface area contributed by atoms with Crippen LogP contribution >= 0.6 is 0 Å². The van der Waals surface area contributed by atoms with Crippen molar-refractivity contribution in [3.63, 3.8) is 0 Å². The summed E-state index contributed by atoms with van der Waals surface area (Å²) in [5.74, 6) is 0.449. The first-order chi connectivity index (χ1) is 13.8. The number of pyridine rings is 1. The van der Waals surface area contributed by atoms with Crippen LogP contribution in [-0.4, -0.2) is 49.8 Å². The Hall–Kier alpha value is -2.72. The number of imidazole rings is 1. The fourth-order valence-electron chi connectivity index (χ4n) is 3.35. The van der Waals surface area contributed by atoms with Crippen molar-refractivity contribution in [1.82, 2.24) is 24.7 Å². The Morgan fingerprint density at radius 3 is 2.79 bits per heavy atom. The third-order valence-corrected chi connectivity index (χ3v) is 5.17. The Kier molecular flexibility index (Phi) is 4.91. The van der Waals surface area contributed by atoms with Crippen LogP contribution in [-0.2, 0) is 5.60 Å². The lowest BCUT2D eigenvalue weighted by atomic mass is 9.97. The number of piperidine rings is 1. The second kappa shape index (κ2) is 7.27. The molecule has 3 aromatic rings. The van der Waals surface area contributed by atoms with Crippen LogP contribution in [0.3, 0.4) is 0 Å². The summed E-state index contributed by atoms with van der Waals surface area (Å²) in [6, 6.07) is 4.55. The molecule has 4 heterocycles. The number of hydrogen-bond acceptors (Lipinski definition) is 6. The third-order valence-electron chi connectivity index (χ3n) is 5.17. The Morgan fingerprint density at radius 2 is 2.07 bits per heavy atom. The minimum atomic E-state index is -4.80. The van der Waals surface area contributed by atoms with Crippen LogP contribution in [0.25, 0.3) is 17.0 Å². The number of hydrogen-bond donors (Lipinski definition) is 3. The van der Waals surface area contributed by atoms with Crippen molar-refractivity contribution in [3.05, 3.63) is 42.4 Å². The van der Waals surface area contributed by atoms with Crippen LogP contribution < -0.4 is 10.6 Å². The predicted molar refractivity (Wildman–Crippen MR) is 101 cm³/mol. The van der Waals surface area contributed by atoms with Crippen LogP contribution in [0, 0.1) is 0 Å². The lowest BCUT2D eigenvalue weighted by Crippen LogP contribution is -2.39. The fourth-order valence-corrected chi connectivity index (χ4v) is 3.35. The van der Waals surface area contributed by atoms with Gasteiger partial charge in [-0.2, -0.15) is 13.2 Å². The van der Waals surface area contributed by atoms with Crippen LogP contribution in [0.5, 0.6) is 0 Å². The molecule has 10 heteroatoms. The first-order valence-electron chi connectivity index (χ1n) is 9.33. The molecule has 29 heavy (non-hydrogen) atoms. The van der Waals surface area contributed by atoms with E-state index in [-0.39, 0.29) is 11.6 Å². The molecule has 154 valence electrons. The molecule has 0 spiro atoms. The van der Waals surface area contributed by atoms with Gasteiger partial charge in [0.05, 0.1) is 17.6 Å². The van der Waals surface area contributed by atoms with E-state index in [1.807, 2.05) is 0 Å². The van der Waals surface area contributed by atoms with E-state index >= 15 is 0 Å². The van der Waals surface area contributed by atoms with Crippen LogP contribution in [0.15, 0.2) is 36.8 Å². The number of fused-ring (bicyclic) bond motifs is 1. The zero-order valence-electron chi connectivity index (χ0n) is 15.7. The van der Waals surface area contributed by atoms with Crippen LogP contribution in [0.1, 0.15) is 25.3 Å². The predicted octanol–water partition coefficient (Wildman–Crippen LogP) is 2.73. The maximum atomic E-state index is 13.2. The van der Waals surface area contributed by atoms with E-state index in [0.717, 1.165) is 32.9 Å². The molecule has 3 N–H and O–H groups in total. The number of rotatable bonds is 4. The molecule has 1 aliphatic rings. The van der Waals surface area contributed by atoms with E-state index in [4.69, 9.17) is 0 Å². The molecule has 3 aromatic heterocycles. The highest BCUT2D eigenvalue weighted by atomic mass is 19.4. The molecule has 1 aliphatic heterocycles. The molecule has 0 amide bonds. The van der Waals surface area contributed by atoms with Gasteiger partial charge in [0.15, 0.2) is 5.60 Å². The van der Waals surface area contributed by atoms with Crippen molar-refractivity contribution in [2.24, 2.45) is 0 Å². The minimum Gasteiger partial charge on any atom is -0.376 e. The van der Waals surface area contributed by atoms with Crippen molar-refractivity contribution < 1.29 is 18.3 Å². The first kappa shape index (κ1) is 19.6. The van der Waals surface area contributed by atoms with Crippen molar-refractivity contribution in [1.29, 1.82) is 0 Å². The average molecular weight is 406 g/mol. The SMILES string of the molecule is CC(O)(c1ccc2ncc(-c3ccnc(NC4CCCNC4)n3)n2c1)C(F)(F)F. The zero-order chi connectivity index (χ0) is 20.6. The fraction of sp³-hybridized carbons (Fsp3) is 0.421. The second-order valence-corrected chi connectivity index (χ2v) is 7.31. The van der Waals surface area contributed by atoms with E-state index in [9.17, 15) is 18.3 Å². The number of nitrogens with one attached hydrogen (secondary N) is 2. The number of halogens is 3. The molecule has 0 aliphatic carbocycles. The average Bonchev–Trinajstić information content (AvgIpc) is 3.11. The highest BCUT2D eigenvalue weighted by Gasteiger charge is 2.51. The lowest BCUT2D eigenvalue weighted by molar-refractivity contribution is -0.259. The number of aromatic nitrogens is 4. The highest BCUT2D eigenvalue weighted by molar-refractivity contribution is 5.61. The maximum Gasteiger partial charge on any atom is 0.421 e. The van der Waals surface area contributed by atoms with Gasteiger partial charge in [0.1, 0.15) is 5.65 Å². The van der Waals surface area contributed by atoms with Crippen LogP contribution in [0.2, 0.25) is 0 Å². The maximum absolute atomic E-state index is 13.2. The lowest BCUT2D eigenvalue weighted by Gasteiger charge is -2.26. The van der Waals surface area contributed by atoms with Crippen molar-refractivity contribution in [3.8, 4) is 11.4 Å². The zero-order valence-corrected chi connectivity index (χ0v) is 15.7.